The molecule has 5 fully saturated rings. The van der Waals surface area contributed by atoms with Crippen LogP contribution >= 0.6 is 35.3 Å². The largest absolute Gasteiger partial charge is 0.392 e. The van der Waals surface area contributed by atoms with Gasteiger partial charge in [0.1, 0.15) is 6.04 Å². The van der Waals surface area contributed by atoms with E-state index in [9.17, 15) is 14.7 Å². The monoisotopic (exact) mass is 597 g/mol. The number of thioether (sulfide) groups is 3. The van der Waals surface area contributed by atoms with Crippen LogP contribution in [0.1, 0.15) is 38.5 Å². The van der Waals surface area contributed by atoms with Crippen LogP contribution in [0.4, 0.5) is 0 Å². The zero-order valence-corrected chi connectivity index (χ0v) is 24.9. The third-order valence-corrected chi connectivity index (χ3v) is 14.0. The smallest absolute Gasteiger partial charge is 0.236 e. The maximum absolute atomic E-state index is 13.1. The second-order valence-electron chi connectivity index (χ2n) is 11.9. The van der Waals surface area contributed by atoms with Crippen LogP contribution in [0.25, 0.3) is 0 Å². The number of ether oxygens (including phenoxy) is 1. The number of rotatable bonds is 7. The Labute approximate surface area is 244 Å². The van der Waals surface area contributed by atoms with Crippen LogP contribution in [0.2, 0.25) is 0 Å². The molecule has 0 radical (unpaired) electrons. The number of amides is 1. The van der Waals surface area contributed by atoms with E-state index in [0.717, 1.165) is 81.4 Å². The highest BCUT2D eigenvalue weighted by Gasteiger charge is 2.49. The van der Waals surface area contributed by atoms with Crippen molar-refractivity contribution in [2.45, 2.75) is 90.6 Å². The number of allylic oxidation sites excluding steroid dienone is 1. The number of carbonyl (C=O) groups is 2. The normalized spacial score (nSPS) is 43.3. The van der Waals surface area contributed by atoms with Crippen molar-refractivity contribution in [3.63, 3.8) is 0 Å². The number of nitrogens with two attached hydrogens (primary N) is 1. The number of carbonyl (C=O) groups excluding carboxylic acids is 2. The maximum atomic E-state index is 13.1. The van der Waals surface area contributed by atoms with Gasteiger partial charge in [-0.15, -0.1) is 23.5 Å². The van der Waals surface area contributed by atoms with Gasteiger partial charge in [0.25, 0.3) is 0 Å². The Morgan fingerprint density at radius 3 is 2.67 bits per heavy atom. The van der Waals surface area contributed by atoms with E-state index >= 15 is 0 Å². The fourth-order valence-electron chi connectivity index (χ4n) is 7.18. The summed E-state index contributed by atoms with van der Waals surface area (Å²) in [5, 5.41) is 23.4. The van der Waals surface area contributed by atoms with Gasteiger partial charge in [-0.1, -0.05) is 12.8 Å². The van der Waals surface area contributed by atoms with Gasteiger partial charge in [-0.2, -0.15) is 11.8 Å². The lowest BCUT2D eigenvalue weighted by Crippen LogP contribution is -2.66. The molecule has 0 aromatic heterocycles. The van der Waals surface area contributed by atoms with E-state index in [-0.39, 0.29) is 47.2 Å². The van der Waals surface area contributed by atoms with Gasteiger partial charge in [0.15, 0.2) is 5.78 Å². The second kappa shape index (κ2) is 12.8. The van der Waals surface area contributed by atoms with E-state index in [4.69, 9.17) is 10.5 Å². The summed E-state index contributed by atoms with van der Waals surface area (Å²) in [4.78, 5) is 27.7. The van der Waals surface area contributed by atoms with E-state index in [0.29, 0.717) is 29.0 Å². The Hall–Kier alpha value is -0.470. The van der Waals surface area contributed by atoms with Crippen LogP contribution in [-0.4, -0.2) is 118 Å². The Balaban J connectivity index is 1.06. The molecule has 1 amide bonds. The minimum absolute atomic E-state index is 0.0361. The van der Waals surface area contributed by atoms with E-state index in [1.165, 1.54) is 0 Å². The molecule has 39 heavy (non-hydrogen) atoms. The fraction of sp³-hybridized carbons (Fsp3) is 0.852. The molecule has 8 unspecified atom stereocenters. The Bertz CT molecular complexity index is 937. The molecule has 218 valence electrons. The van der Waals surface area contributed by atoms with Crippen molar-refractivity contribution < 1.29 is 19.4 Å². The minimum atomic E-state index is -0.387. The van der Waals surface area contributed by atoms with Crippen molar-refractivity contribution in [3.8, 4) is 0 Å². The molecule has 1 saturated carbocycles. The van der Waals surface area contributed by atoms with E-state index < -0.39 is 0 Å². The number of piperidine rings is 1. The van der Waals surface area contributed by atoms with Crippen molar-refractivity contribution >= 4 is 47.0 Å². The van der Waals surface area contributed by atoms with E-state index in [1.807, 2.05) is 41.4 Å². The van der Waals surface area contributed by atoms with Crippen molar-refractivity contribution in [1.82, 2.24) is 20.9 Å². The van der Waals surface area contributed by atoms with Crippen LogP contribution in [0, 0.1) is 5.92 Å². The number of fused-ring (bicyclic) bond motifs is 1. The van der Waals surface area contributed by atoms with Crippen molar-refractivity contribution in [2.24, 2.45) is 11.7 Å². The molecule has 9 nitrogen and oxygen atoms in total. The first-order valence-corrected chi connectivity index (χ1v) is 17.6. The topological polar surface area (TPSA) is 129 Å². The Morgan fingerprint density at radius 1 is 1.08 bits per heavy atom. The zero-order valence-electron chi connectivity index (χ0n) is 22.5. The van der Waals surface area contributed by atoms with Gasteiger partial charge < -0.3 is 36.4 Å². The molecule has 0 bridgehead atoms. The summed E-state index contributed by atoms with van der Waals surface area (Å²) in [6, 6.07) is 0.217. The van der Waals surface area contributed by atoms with Gasteiger partial charge >= 0.3 is 0 Å². The fourth-order valence-corrected chi connectivity index (χ4v) is 12.5. The Morgan fingerprint density at radius 2 is 1.87 bits per heavy atom. The first-order valence-electron chi connectivity index (χ1n) is 14.7. The third-order valence-electron chi connectivity index (χ3n) is 9.28. The molecular weight excluding hydrogens is 555 g/mol. The lowest BCUT2D eigenvalue weighted by Gasteiger charge is -2.40. The molecule has 0 aromatic rings. The molecule has 6 rings (SSSR count). The number of nitrogens with zero attached hydrogens (tertiary/aromatic N) is 1. The highest BCUT2D eigenvalue weighted by atomic mass is 32.2. The van der Waals surface area contributed by atoms with E-state index in [1.54, 1.807) is 0 Å². The number of ketones is 1. The molecule has 6 N–H and O–H groups in total. The quantitative estimate of drug-likeness (QED) is 0.282. The van der Waals surface area contributed by atoms with Crippen LogP contribution in [0.5, 0.6) is 0 Å². The van der Waals surface area contributed by atoms with Crippen LogP contribution in [0.15, 0.2) is 11.1 Å². The van der Waals surface area contributed by atoms with E-state index in [2.05, 4.69) is 20.9 Å². The molecule has 0 spiro atoms. The van der Waals surface area contributed by atoms with Gasteiger partial charge in [0.05, 0.1) is 29.6 Å². The number of nitrogens with one attached hydrogen (secondary N) is 3. The summed E-state index contributed by atoms with van der Waals surface area (Å²) in [5.74, 6) is 2.52. The lowest BCUT2D eigenvalue weighted by molar-refractivity contribution is -0.121. The summed E-state index contributed by atoms with van der Waals surface area (Å²) in [6.45, 7) is 3.85. The standard InChI is InChI=1S/C27H43N5O4S3/c28-27(35)24-19(9-15(12-29-24)30-18-3-1-2-4-20(18)33)31-16-10-22(37-13-16)17-14-38-26-21(34)11-23(39-25(17)26)32-5-7-36-8-6-32/h11,15-20,22,24-26,29-31,33H,1-10,12-14H2,(H2,28,35)/t15?,16?,17?,18-,19?,20+,22?,24?,25?,26?/m1/s1. The van der Waals surface area contributed by atoms with Gasteiger partial charge in [0, 0.05) is 66.1 Å². The average Bonchev–Trinajstić information content (AvgIpc) is 3.58. The summed E-state index contributed by atoms with van der Waals surface area (Å²) in [5.41, 5.74) is 5.81. The zero-order chi connectivity index (χ0) is 26.9. The van der Waals surface area contributed by atoms with Gasteiger partial charge in [-0.25, -0.2) is 0 Å². The van der Waals surface area contributed by atoms with Crippen molar-refractivity contribution in [2.75, 3.05) is 44.4 Å². The van der Waals surface area contributed by atoms with Crippen LogP contribution < -0.4 is 21.7 Å². The predicted molar refractivity (Wildman–Crippen MR) is 159 cm³/mol. The molecule has 5 heterocycles. The predicted octanol–water partition coefficient (Wildman–Crippen LogP) is 0.517. The number of hydrogen-bond acceptors (Lipinski definition) is 11. The first kappa shape index (κ1) is 28.6. The number of aliphatic hydroxyl groups excluding tert-OH is 1. The molecule has 6 aliphatic rings. The van der Waals surface area contributed by atoms with Crippen molar-refractivity contribution in [1.29, 1.82) is 0 Å². The molecule has 12 heteroatoms. The summed E-state index contributed by atoms with van der Waals surface area (Å²) in [6.07, 6.45) is 7.56. The first-order chi connectivity index (χ1) is 19.0. The number of morpholine rings is 1. The number of hydrogen-bond donors (Lipinski definition) is 5. The molecular formula is C27H43N5O4S3. The van der Waals surface area contributed by atoms with Gasteiger partial charge in [-0.3, -0.25) is 9.59 Å². The number of primary amides is 1. The molecule has 1 aliphatic carbocycles. The van der Waals surface area contributed by atoms with Crippen molar-refractivity contribution in [3.05, 3.63) is 11.1 Å². The highest BCUT2D eigenvalue weighted by molar-refractivity contribution is 8.07. The summed E-state index contributed by atoms with van der Waals surface area (Å²) >= 11 is 5.80. The molecule has 5 aliphatic heterocycles. The average molecular weight is 598 g/mol. The summed E-state index contributed by atoms with van der Waals surface area (Å²) in [7, 11) is 0. The van der Waals surface area contributed by atoms with Crippen LogP contribution in [-0.2, 0) is 14.3 Å². The maximum Gasteiger partial charge on any atom is 0.236 e. The second-order valence-corrected chi connectivity index (χ2v) is 15.6. The summed E-state index contributed by atoms with van der Waals surface area (Å²) < 4.78 is 5.53. The van der Waals surface area contributed by atoms with Gasteiger partial charge in [0.2, 0.25) is 5.91 Å². The lowest BCUT2D eigenvalue weighted by atomic mass is 9.89. The molecule has 10 atom stereocenters. The molecule has 0 aromatic carbocycles. The van der Waals surface area contributed by atoms with Gasteiger partial charge in [-0.05, 0) is 37.4 Å². The minimum Gasteiger partial charge on any atom is -0.392 e. The number of aliphatic hydroxyl groups is 1. The highest BCUT2D eigenvalue weighted by Crippen LogP contribution is 2.51. The Kier molecular flexibility index (Phi) is 9.41. The third kappa shape index (κ3) is 6.48. The van der Waals surface area contributed by atoms with Crippen LogP contribution in [0.3, 0.4) is 0 Å². The molecule has 4 saturated heterocycles. The SMILES string of the molecule is NC(=O)C1NCC(N[C@@H]2CCCC[C@@H]2O)CC1NC1CSC(C2CSC3C(=O)C=C(N4CCOCC4)SC32)C1.